The summed E-state index contributed by atoms with van der Waals surface area (Å²) in [5.41, 5.74) is 1.50. The highest BCUT2D eigenvalue weighted by molar-refractivity contribution is 7.18. The average Bonchev–Trinajstić information content (AvgIpc) is 3.08. The quantitative estimate of drug-likeness (QED) is 0.568. The van der Waals surface area contributed by atoms with Crippen LogP contribution in [0.2, 0.25) is 10.0 Å². The second kappa shape index (κ2) is 6.94. The third-order valence-electron chi connectivity index (χ3n) is 4.55. The molecule has 0 spiro atoms. The Morgan fingerprint density at radius 1 is 1.16 bits per heavy atom. The topological polar surface area (TPSA) is 33.2 Å². The van der Waals surface area contributed by atoms with Crippen molar-refractivity contribution in [3.63, 3.8) is 0 Å². The number of aromatic nitrogens is 1. The summed E-state index contributed by atoms with van der Waals surface area (Å²) in [5, 5.41) is 1.85. The van der Waals surface area contributed by atoms with E-state index in [0.29, 0.717) is 22.2 Å². The standard InChI is InChI=1S/C19H16Cl2N2OS/c20-14-7-3-6-13(17(14)21)19(24)23-10-4-5-12(11-23)18-22-15-8-1-2-9-16(15)25-18/h1-3,6-9,12H,4-5,10-11H2/t12-/m1/s1. The van der Waals surface area contributed by atoms with Crippen LogP contribution < -0.4 is 0 Å². The Balaban J connectivity index is 1.58. The maximum Gasteiger partial charge on any atom is 0.255 e. The molecule has 1 atom stereocenters. The highest BCUT2D eigenvalue weighted by atomic mass is 35.5. The number of halogens is 2. The number of carbonyl (C=O) groups excluding carboxylic acids is 1. The molecule has 0 bridgehead atoms. The van der Waals surface area contributed by atoms with Gasteiger partial charge in [0.1, 0.15) is 0 Å². The van der Waals surface area contributed by atoms with E-state index in [1.807, 2.05) is 23.1 Å². The molecule has 1 amide bonds. The van der Waals surface area contributed by atoms with Gasteiger partial charge in [0.25, 0.3) is 5.91 Å². The third kappa shape index (κ3) is 3.26. The molecule has 4 rings (SSSR count). The zero-order valence-corrected chi connectivity index (χ0v) is 15.7. The molecule has 1 fully saturated rings. The maximum atomic E-state index is 12.9. The van der Waals surface area contributed by atoms with Crippen LogP contribution >= 0.6 is 34.5 Å². The molecular weight excluding hydrogens is 375 g/mol. The largest absolute Gasteiger partial charge is 0.338 e. The molecule has 3 aromatic rings. The lowest BCUT2D eigenvalue weighted by Crippen LogP contribution is -2.39. The molecule has 1 aromatic heterocycles. The van der Waals surface area contributed by atoms with Gasteiger partial charge in [0.05, 0.1) is 30.8 Å². The monoisotopic (exact) mass is 390 g/mol. The van der Waals surface area contributed by atoms with Crippen LogP contribution in [0.5, 0.6) is 0 Å². The number of carbonyl (C=O) groups is 1. The highest BCUT2D eigenvalue weighted by Gasteiger charge is 2.28. The van der Waals surface area contributed by atoms with E-state index in [1.54, 1.807) is 29.5 Å². The first-order valence-electron chi connectivity index (χ1n) is 8.22. The Morgan fingerprint density at radius 3 is 2.84 bits per heavy atom. The van der Waals surface area contributed by atoms with Crippen LogP contribution in [-0.4, -0.2) is 28.9 Å². The van der Waals surface area contributed by atoms with Crippen molar-refractivity contribution in [2.45, 2.75) is 18.8 Å². The number of likely N-dealkylation sites (tertiary alicyclic amines) is 1. The molecule has 1 aliphatic rings. The maximum absolute atomic E-state index is 12.9. The molecule has 25 heavy (non-hydrogen) atoms. The molecule has 0 unspecified atom stereocenters. The second-order valence-electron chi connectivity index (χ2n) is 6.21. The minimum Gasteiger partial charge on any atom is -0.338 e. The van der Waals surface area contributed by atoms with Gasteiger partial charge in [-0.1, -0.05) is 41.4 Å². The van der Waals surface area contributed by atoms with Crippen LogP contribution in [-0.2, 0) is 0 Å². The molecule has 0 N–H and O–H groups in total. The summed E-state index contributed by atoms with van der Waals surface area (Å²) in [5.74, 6) is 0.214. The van der Waals surface area contributed by atoms with Crippen molar-refractivity contribution in [1.82, 2.24) is 9.88 Å². The number of hydrogen-bond acceptors (Lipinski definition) is 3. The Morgan fingerprint density at radius 2 is 2.00 bits per heavy atom. The molecule has 0 aliphatic carbocycles. The number of para-hydroxylation sites is 1. The summed E-state index contributed by atoms with van der Waals surface area (Å²) < 4.78 is 1.19. The molecule has 1 aliphatic heterocycles. The number of amides is 1. The van der Waals surface area contributed by atoms with E-state index in [-0.39, 0.29) is 11.8 Å². The van der Waals surface area contributed by atoms with Crippen molar-refractivity contribution in [2.75, 3.05) is 13.1 Å². The van der Waals surface area contributed by atoms with Gasteiger partial charge >= 0.3 is 0 Å². The molecule has 0 radical (unpaired) electrons. The van der Waals surface area contributed by atoms with Gasteiger partial charge in [0.15, 0.2) is 0 Å². The molecule has 2 aromatic carbocycles. The number of nitrogens with zero attached hydrogens (tertiary/aromatic N) is 2. The zero-order chi connectivity index (χ0) is 17.4. The first kappa shape index (κ1) is 16.8. The average molecular weight is 391 g/mol. The van der Waals surface area contributed by atoms with Crippen LogP contribution in [0.3, 0.4) is 0 Å². The summed E-state index contributed by atoms with van der Waals surface area (Å²) in [7, 11) is 0. The van der Waals surface area contributed by atoms with Crippen molar-refractivity contribution in [3.8, 4) is 0 Å². The van der Waals surface area contributed by atoms with Crippen molar-refractivity contribution in [3.05, 3.63) is 63.1 Å². The van der Waals surface area contributed by atoms with Crippen LogP contribution in [0.15, 0.2) is 42.5 Å². The predicted octanol–water partition coefficient (Wildman–Crippen LogP) is 5.62. The van der Waals surface area contributed by atoms with Gasteiger partial charge < -0.3 is 4.90 Å². The highest BCUT2D eigenvalue weighted by Crippen LogP contribution is 2.34. The van der Waals surface area contributed by atoms with Gasteiger partial charge in [-0.15, -0.1) is 11.3 Å². The lowest BCUT2D eigenvalue weighted by Gasteiger charge is -2.32. The number of fused-ring (bicyclic) bond motifs is 1. The van der Waals surface area contributed by atoms with Gasteiger partial charge in [0, 0.05) is 19.0 Å². The van der Waals surface area contributed by atoms with Crippen LogP contribution in [0.25, 0.3) is 10.2 Å². The van der Waals surface area contributed by atoms with Gasteiger partial charge in [-0.2, -0.15) is 0 Å². The Hall–Kier alpha value is -1.62. The molecule has 3 nitrogen and oxygen atoms in total. The number of rotatable bonds is 2. The van der Waals surface area contributed by atoms with E-state index in [1.165, 1.54) is 4.70 Å². The molecule has 1 saturated heterocycles. The number of benzene rings is 2. The molecule has 0 saturated carbocycles. The fourth-order valence-corrected chi connectivity index (χ4v) is 4.74. The van der Waals surface area contributed by atoms with E-state index in [4.69, 9.17) is 28.2 Å². The fourth-order valence-electron chi connectivity index (χ4n) is 3.27. The molecule has 128 valence electrons. The predicted molar refractivity (Wildman–Crippen MR) is 104 cm³/mol. The smallest absolute Gasteiger partial charge is 0.255 e. The first-order chi connectivity index (χ1) is 12.1. The summed E-state index contributed by atoms with van der Waals surface area (Å²) in [6.45, 7) is 1.41. The van der Waals surface area contributed by atoms with Gasteiger partial charge in [-0.3, -0.25) is 4.79 Å². The molecule has 6 heteroatoms. The summed E-state index contributed by atoms with van der Waals surface area (Å²) in [6, 6.07) is 13.3. The van der Waals surface area contributed by atoms with Crippen LogP contribution in [0.4, 0.5) is 0 Å². The Kier molecular flexibility index (Phi) is 4.67. The fraction of sp³-hybridized carbons (Fsp3) is 0.263. The lowest BCUT2D eigenvalue weighted by atomic mass is 9.98. The molecule has 2 heterocycles. The second-order valence-corrected chi connectivity index (χ2v) is 8.06. The summed E-state index contributed by atoms with van der Waals surface area (Å²) in [6.07, 6.45) is 2.01. The summed E-state index contributed by atoms with van der Waals surface area (Å²) in [4.78, 5) is 19.5. The SMILES string of the molecule is O=C(c1cccc(Cl)c1Cl)N1CCC[C@@H](c2nc3ccccc3s2)C1. The van der Waals surface area contributed by atoms with Crippen molar-refractivity contribution < 1.29 is 4.79 Å². The van der Waals surface area contributed by atoms with E-state index in [2.05, 4.69) is 6.07 Å². The molecular formula is C19H16Cl2N2OS. The van der Waals surface area contributed by atoms with Crippen molar-refractivity contribution in [2.24, 2.45) is 0 Å². The van der Waals surface area contributed by atoms with Crippen molar-refractivity contribution in [1.29, 1.82) is 0 Å². The lowest BCUT2D eigenvalue weighted by molar-refractivity contribution is 0.0707. The number of hydrogen-bond donors (Lipinski definition) is 0. The first-order valence-corrected chi connectivity index (χ1v) is 9.79. The number of piperidine rings is 1. The number of thiazole rings is 1. The van der Waals surface area contributed by atoms with Gasteiger partial charge in [-0.25, -0.2) is 4.98 Å². The van der Waals surface area contributed by atoms with E-state index in [0.717, 1.165) is 29.9 Å². The van der Waals surface area contributed by atoms with E-state index < -0.39 is 0 Å². The third-order valence-corrected chi connectivity index (χ3v) is 6.57. The van der Waals surface area contributed by atoms with Gasteiger partial charge in [-0.05, 0) is 37.1 Å². The summed E-state index contributed by atoms with van der Waals surface area (Å²) >= 11 is 14.0. The zero-order valence-electron chi connectivity index (χ0n) is 13.4. The van der Waals surface area contributed by atoms with Crippen molar-refractivity contribution >= 4 is 50.7 Å². The van der Waals surface area contributed by atoms with Crippen LogP contribution in [0.1, 0.15) is 34.1 Å². The van der Waals surface area contributed by atoms with E-state index in [9.17, 15) is 4.79 Å². The Bertz CT molecular complexity index is 907. The minimum atomic E-state index is -0.0571. The normalized spacial score (nSPS) is 17.8. The van der Waals surface area contributed by atoms with Gasteiger partial charge in [0.2, 0.25) is 0 Å². The minimum absolute atomic E-state index is 0.0571. The van der Waals surface area contributed by atoms with E-state index >= 15 is 0 Å². The van der Waals surface area contributed by atoms with Crippen LogP contribution in [0, 0.1) is 0 Å². The Labute approximate surface area is 160 Å².